The maximum absolute atomic E-state index is 6.55. The lowest BCUT2D eigenvalue weighted by Gasteiger charge is -2.43. The zero-order chi connectivity index (χ0) is 15.1. The molecule has 1 aromatic carbocycles. The van der Waals surface area contributed by atoms with E-state index in [9.17, 15) is 0 Å². The summed E-state index contributed by atoms with van der Waals surface area (Å²) in [5, 5.41) is 0. The van der Waals surface area contributed by atoms with Gasteiger partial charge in [-0.3, -0.25) is 0 Å². The summed E-state index contributed by atoms with van der Waals surface area (Å²) in [6.45, 7) is 5.22. The molecule has 2 N–H and O–H groups in total. The maximum Gasteiger partial charge on any atom is 0.0832 e. The second-order valence-corrected chi connectivity index (χ2v) is 6.66. The van der Waals surface area contributed by atoms with E-state index in [0.717, 1.165) is 44.6 Å². The smallest absolute Gasteiger partial charge is 0.0832 e. The van der Waals surface area contributed by atoms with Gasteiger partial charge in [-0.1, -0.05) is 37.3 Å². The van der Waals surface area contributed by atoms with Gasteiger partial charge < -0.3 is 10.5 Å². The fourth-order valence-electron chi connectivity index (χ4n) is 3.59. The van der Waals surface area contributed by atoms with Crippen molar-refractivity contribution in [3.05, 3.63) is 35.9 Å². The van der Waals surface area contributed by atoms with Gasteiger partial charge in [0.2, 0.25) is 0 Å². The van der Waals surface area contributed by atoms with Crippen LogP contribution in [0.2, 0.25) is 0 Å². The van der Waals surface area contributed by atoms with E-state index in [1.165, 1.54) is 18.4 Å². The number of hydrogen-bond acceptors (Lipinski definition) is 2. The quantitative estimate of drug-likeness (QED) is 0.811. The van der Waals surface area contributed by atoms with E-state index < -0.39 is 0 Å². The molecule has 0 radical (unpaired) electrons. The summed E-state index contributed by atoms with van der Waals surface area (Å²) in [6.07, 6.45) is 8.10. The van der Waals surface area contributed by atoms with Crippen molar-refractivity contribution < 1.29 is 4.74 Å². The van der Waals surface area contributed by atoms with Gasteiger partial charge in [0.05, 0.1) is 5.60 Å². The highest BCUT2D eigenvalue weighted by molar-refractivity contribution is 5.14. The topological polar surface area (TPSA) is 35.2 Å². The third kappa shape index (κ3) is 4.55. The molecule has 0 amide bonds. The molecule has 1 saturated carbocycles. The van der Waals surface area contributed by atoms with Gasteiger partial charge >= 0.3 is 0 Å². The third-order valence-corrected chi connectivity index (χ3v) is 5.05. The first-order chi connectivity index (χ1) is 10.2. The number of hydrogen-bond donors (Lipinski definition) is 1. The fraction of sp³-hybridized carbons (Fsp3) is 0.684. The molecule has 21 heavy (non-hydrogen) atoms. The van der Waals surface area contributed by atoms with Crippen molar-refractivity contribution in [2.45, 2.75) is 70.4 Å². The molecule has 2 heteroatoms. The van der Waals surface area contributed by atoms with Gasteiger partial charge in [-0.15, -0.1) is 0 Å². The van der Waals surface area contributed by atoms with Gasteiger partial charge in [0, 0.05) is 12.6 Å². The normalized spacial score (nSPS) is 27.5. The molecular weight excluding hydrogens is 258 g/mol. The highest BCUT2D eigenvalue weighted by Crippen LogP contribution is 2.37. The lowest BCUT2D eigenvalue weighted by Crippen LogP contribution is -2.52. The van der Waals surface area contributed by atoms with Gasteiger partial charge in [-0.05, 0) is 63.4 Å². The van der Waals surface area contributed by atoms with Crippen LogP contribution in [0.3, 0.4) is 0 Å². The van der Waals surface area contributed by atoms with Crippen molar-refractivity contribution in [2.75, 3.05) is 6.61 Å². The SMILES string of the molecule is CCOC1(C(N)CCCc2ccccc2)CCC(C)CC1. The Labute approximate surface area is 130 Å². The first-order valence-corrected chi connectivity index (χ1v) is 8.60. The minimum atomic E-state index is -0.0576. The van der Waals surface area contributed by atoms with Crippen LogP contribution in [0, 0.1) is 5.92 Å². The Kier molecular flexibility index (Phi) is 6.25. The largest absolute Gasteiger partial charge is 0.374 e. The van der Waals surface area contributed by atoms with Crippen LogP contribution in [0.5, 0.6) is 0 Å². The molecule has 0 aliphatic heterocycles. The molecule has 1 aromatic rings. The Hall–Kier alpha value is -0.860. The first kappa shape index (κ1) is 16.5. The van der Waals surface area contributed by atoms with Gasteiger partial charge in [0.15, 0.2) is 0 Å². The second-order valence-electron chi connectivity index (χ2n) is 6.66. The lowest BCUT2D eigenvalue weighted by molar-refractivity contribution is -0.0901. The van der Waals surface area contributed by atoms with Crippen molar-refractivity contribution in [2.24, 2.45) is 11.7 Å². The molecule has 1 aliphatic rings. The molecule has 0 saturated heterocycles. The highest BCUT2D eigenvalue weighted by atomic mass is 16.5. The van der Waals surface area contributed by atoms with Crippen LogP contribution in [0.25, 0.3) is 0 Å². The maximum atomic E-state index is 6.55. The number of aryl methyl sites for hydroxylation is 1. The Bertz CT molecular complexity index is 395. The molecule has 0 spiro atoms. The van der Waals surface area contributed by atoms with E-state index in [0.29, 0.717) is 0 Å². The van der Waals surface area contributed by atoms with Gasteiger partial charge in [-0.25, -0.2) is 0 Å². The van der Waals surface area contributed by atoms with Crippen LogP contribution in [0.4, 0.5) is 0 Å². The van der Waals surface area contributed by atoms with Crippen LogP contribution >= 0.6 is 0 Å². The number of ether oxygens (including phenoxy) is 1. The minimum Gasteiger partial charge on any atom is -0.374 e. The average molecular weight is 289 g/mol. The minimum absolute atomic E-state index is 0.0576. The van der Waals surface area contributed by atoms with Crippen molar-refractivity contribution in [3.63, 3.8) is 0 Å². The summed E-state index contributed by atoms with van der Waals surface area (Å²) in [5.41, 5.74) is 7.91. The van der Waals surface area contributed by atoms with Crippen LogP contribution in [-0.4, -0.2) is 18.2 Å². The summed E-state index contributed by atoms with van der Waals surface area (Å²) in [5.74, 6) is 0.829. The summed E-state index contributed by atoms with van der Waals surface area (Å²) in [4.78, 5) is 0. The molecule has 118 valence electrons. The lowest BCUT2D eigenvalue weighted by atomic mass is 9.74. The van der Waals surface area contributed by atoms with Crippen molar-refractivity contribution in [1.29, 1.82) is 0 Å². The zero-order valence-corrected chi connectivity index (χ0v) is 13.7. The summed E-state index contributed by atoms with van der Waals surface area (Å²) < 4.78 is 6.16. The molecule has 1 fully saturated rings. The summed E-state index contributed by atoms with van der Waals surface area (Å²) in [6, 6.07) is 10.9. The van der Waals surface area contributed by atoms with E-state index in [1.807, 2.05) is 0 Å². The van der Waals surface area contributed by atoms with Crippen molar-refractivity contribution in [1.82, 2.24) is 0 Å². The molecule has 2 rings (SSSR count). The number of benzene rings is 1. The Balaban J connectivity index is 1.85. The van der Waals surface area contributed by atoms with E-state index in [1.54, 1.807) is 0 Å². The van der Waals surface area contributed by atoms with Gasteiger partial charge in [0.25, 0.3) is 0 Å². The van der Waals surface area contributed by atoms with E-state index in [2.05, 4.69) is 44.2 Å². The third-order valence-electron chi connectivity index (χ3n) is 5.05. The molecule has 0 bridgehead atoms. The van der Waals surface area contributed by atoms with E-state index in [-0.39, 0.29) is 11.6 Å². The monoisotopic (exact) mass is 289 g/mol. The summed E-state index contributed by atoms with van der Waals surface area (Å²) in [7, 11) is 0. The number of nitrogens with two attached hydrogens (primary N) is 1. The Morgan fingerprint density at radius 3 is 2.52 bits per heavy atom. The zero-order valence-electron chi connectivity index (χ0n) is 13.7. The van der Waals surface area contributed by atoms with Gasteiger partial charge in [0.1, 0.15) is 0 Å². The van der Waals surface area contributed by atoms with Crippen molar-refractivity contribution in [3.8, 4) is 0 Å². The molecule has 1 unspecified atom stereocenters. The van der Waals surface area contributed by atoms with E-state index in [4.69, 9.17) is 10.5 Å². The molecule has 1 atom stereocenters. The van der Waals surface area contributed by atoms with Crippen LogP contribution < -0.4 is 5.73 Å². The standard InChI is InChI=1S/C19H31NO/c1-3-21-19(14-12-16(2)13-15-19)18(20)11-7-10-17-8-5-4-6-9-17/h4-6,8-9,16,18H,3,7,10-15,20H2,1-2H3. The average Bonchev–Trinajstić information content (AvgIpc) is 2.51. The second kappa shape index (κ2) is 7.95. The van der Waals surface area contributed by atoms with Crippen molar-refractivity contribution >= 4 is 0 Å². The molecular formula is C19H31NO. The van der Waals surface area contributed by atoms with Crippen LogP contribution in [0.15, 0.2) is 30.3 Å². The van der Waals surface area contributed by atoms with E-state index >= 15 is 0 Å². The predicted octanol–water partition coefficient (Wildman–Crippen LogP) is 4.32. The molecule has 1 aliphatic carbocycles. The first-order valence-electron chi connectivity index (χ1n) is 8.60. The highest BCUT2D eigenvalue weighted by Gasteiger charge is 2.39. The van der Waals surface area contributed by atoms with Crippen LogP contribution in [-0.2, 0) is 11.2 Å². The van der Waals surface area contributed by atoms with Crippen LogP contribution in [0.1, 0.15) is 57.9 Å². The summed E-state index contributed by atoms with van der Waals surface area (Å²) >= 11 is 0. The Morgan fingerprint density at radius 2 is 1.90 bits per heavy atom. The molecule has 0 aromatic heterocycles. The molecule has 2 nitrogen and oxygen atoms in total. The van der Waals surface area contributed by atoms with Gasteiger partial charge in [-0.2, -0.15) is 0 Å². The predicted molar refractivity (Wildman–Crippen MR) is 89.3 cm³/mol. The Morgan fingerprint density at radius 1 is 1.24 bits per heavy atom. The fourth-order valence-corrected chi connectivity index (χ4v) is 3.59. The molecule has 0 heterocycles. The number of rotatable bonds is 7.